The molecule has 0 heterocycles. The van der Waals surface area contributed by atoms with Gasteiger partial charge in [0.25, 0.3) is 0 Å². The third-order valence-corrected chi connectivity index (χ3v) is 6.52. The lowest BCUT2D eigenvalue weighted by Crippen LogP contribution is -2.41. The molecule has 0 aliphatic heterocycles. The minimum absolute atomic E-state index is 0.207. The van der Waals surface area contributed by atoms with Crippen LogP contribution in [0.25, 0.3) is 0 Å². The predicted octanol–water partition coefficient (Wildman–Crippen LogP) is 4.40. The predicted molar refractivity (Wildman–Crippen MR) is 80.2 cm³/mol. The van der Waals surface area contributed by atoms with Crippen molar-refractivity contribution in [1.82, 2.24) is 0 Å². The van der Waals surface area contributed by atoms with Crippen molar-refractivity contribution in [3.05, 3.63) is 24.3 Å². The van der Waals surface area contributed by atoms with E-state index in [9.17, 15) is 0 Å². The molecule has 0 bridgehead atoms. The molecule has 0 aliphatic carbocycles. The van der Waals surface area contributed by atoms with Crippen LogP contribution < -0.4 is 9.16 Å². The van der Waals surface area contributed by atoms with Crippen molar-refractivity contribution in [2.24, 2.45) is 0 Å². The molecule has 0 fully saturated rings. The highest BCUT2D eigenvalue weighted by atomic mass is 28.3. The van der Waals surface area contributed by atoms with Crippen LogP contribution in [-0.2, 0) is 0 Å². The number of ether oxygens (including phenoxy) is 1. The van der Waals surface area contributed by atoms with Gasteiger partial charge in [0.15, 0.2) is 5.75 Å². The van der Waals surface area contributed by atoms with Crippen molar-refractivity contribution >= 4 is 9.04 Å². The van der Waals surface area contributed by atoms with Crippen LogP contribution in [0.15, 0.2) is 24.3 Å². The van der Waals surface area contributed by atoms with Gasteiger partial charge in [-0.2, -0.15) is 0 Å². The lowest BCUT2D eigenvalue weighted by atomic mass is 10.2. The van der Waals surface area contributed by atoms with Crippen LogP contribution in [0.4, 0.5) is 0 Å². The maximum atomic E-state index is 6.38. The first kappa shape index (κ1) is 15.1. The Bertz CT molecular complexity index is 374. The summed E-state index contributed by atoms with van der Waals surface area (Å²) < 4.78 is 11.7. The molecule has 0 saturated heterocycles. The second-order valence-corrected chi connectivity index (χ2v) is 11.3. The summed E-state index contributed by atoms with van der Waals surface area (Å²) in [6.07, 6.45) is 0. The normalized spacial score (nSPS) is 12.7. The van der Waals surface area contributed by atoms with Crippen LogP contribution in [-0.4, -0.2) is 16.2 Å². The largest absolute Gasteiger partial charge is 0.543 e. The highest BCUT2D eigenvalue weighted by molar-refractivity contribution is 6.59. The Kier molecular flexibility index (Phi) is 4.49. The average molecular weight is 266 g/mol. The zero-order valence-corrected chi connectivity index (χ0v) is 13.9. The Morgan fingerprint density at radius 1 is 0.833 bits per heavy atom. The first-order valence-corrected chi connectivity index (χ1v) is 8.08. The van der Waals surface area contributed by atoms with Crippen molar-refractivity contribution < 1.29 is 9.16 Å². The second-order valence-electron chi connectivity index (χ2n) is 6.88. The quantitative estimate of drug-likeness (QED) is 0.755. The molecule has 0 spiro atoms. The summed E-state index contributed by atoms with van der Waals surface area (Å²) in [6, 6.07) is 7.91. The van der Waals surface area contributed by atoms with Gasteiger partial charge in [0, 0.05) is 0 Å². The Morgan fingerprint density at radius 2 is 1.28 bits per heavy atom. The summed E-state index contributed by atoms with van der Waals surface area (Å²) in [4.78, 5) is 0. The SMILES string of the molecule is COc1ccccc1O[SiH](C(C)(C)C)C(C)(C)C. The number of benzene rings is 1. The molecule has 102 valence electrons. The maximum absolute atomic E-state index is 6.38. The third-order valence-electron chi connectivity index (χ3n) is 2.89. The molecular formula is C15H26O2Si. The Labute approximate surface area is 113 Å². The van der Waals surface area contributed by atoms with Gasteiger partial charge in [0.05, 0.1) is 7.11 Å². The number of hydrogen-bond donors (Lipinski definition) is 0. The summed E-state index contributed by atoms with van der Waals surface area (Å²) in [6.45, 7) is 13.6. The lowest BCUT2D eigenvalue weighted by Gasteiger charge is -2.38. The number of methoxy groups -OCH3 is 1. The van der Waals surface area contributed by atoms with Crippen LogP contribution in [0, 0.1) is 0 Å². The summed E-state index contributed by atoms with van der Waals surface area (Å²) in [5, 5.41) is 0.415. The number of para-hydroxylation sites is 2. The Balaban J connectivity index is 3.05. The first-order valence-electron chi connectivity index (χ1n) is 6.46. The molecule has 0 N–H and O–H groups in total. The first-order chi connectivity index (χ1) is 8.16. The van der Waals surface area contributed by atoms with Gasteiger partial charge in [-0.1, -0.05) is 53.7 Å². The summed E-state index contributed by atoms with van der Waals surface area (Å²) in [5.41, 5.74) is 0. The van der Waals surface area contributed by atoms with Crippen LogP contribution in [0.1, 0.15) is 41.5 Å². The van der Waals surface area contributed by atoms with E-state index in [-0.39, 0.29) is 10.1 Å². The van der Waals surface area contributed by atoms with Gasteiger partial charge in [-0.25, -0.2) is 0 Å². The topological polar surface area (TPSA) is 18.5 Å². The molecular weight excluding hydrogens is 240 g/mol. The molecule has 0 atom stereocenters. The second kappa shape index (κ2) is 5.35. The molecule has 2 nitrogen and oxygen atoms in total. The van der Waals surface area contributed by atoms with Crippen molar-refractivity contribution in [2.45, 2.75) is 51.6 Å². The summed E-state index contributed by atoms with van der Waals surface area (Å²) in [5.74, 6) is 1.70. The van der Waals surface area contributed by atoms with Crippen molar-refractivity contribution in [3.8, 4) is 11.5 Å². The summed E-state index contributed by atoms with van der Waals surface area (Å²) in [7, 11) is 0.228. The third kappa shape index (κ3) is 3.77. The van der Waals surface area contributed by atoms with Crippen molar-refractivity contribution in [2.75, 3.05) is 7.11 Å². The fourth-order valence-corrected chi connectivity index (χ4v) is 6.25. The van der Waals surface area contributed by atoms with Gasteiger partial charge >= 0.3 is 0 Å². The number of rotatable bonds is 3. The molecule has 0 aliphatic rings. The van der Waals surface area contributed by atoms with Crippen molar-refractivity contribution in [1.29, 1.82) is 0 Å². The van der Waals surface area contributed by atoms with Gasteiger partial charge < -0.3 is 9.16 Å². The van der Waals surface area contributed by atoms with Gasteiger partial charge in [-0.15, -0.1) is 0 Å². The fourth-order valence-electron chi connectivity index (χ4n) is 2.50. The van der Waals surface area contributed by atoms with E-state index >= 15 is 0 Å². The number of hydrogen-bond acceptors (Lipinski definition) is 2. The molecule has 1 aromatic carbocycles. The fraction of sp³-hybridized carbons (Fsp3) is 0.600. The van der Waals surface area contributed by atoms with Crippen LogP contribution in [0.3, 0.4) is 0 Å². The van der Waals surface area contributed by atoms with E-state index in [4.69, 9.17) is 9.16 Å². The summed E-state index contributed by atoms with van der Waals surface area (Å²) >= 11 is 0. The van der Waals surface area contributed by atoms with Crippen molar-refractivity contribution in [3.63, 3.8) is 0 Å². The standard InChI is InChI=1S/C15H26O2Si/c1-14(2,3)18(15(4,5)6)17-13-11-9-8-10-12(13)16-7/h8-11,18H,1-7H3. The molecule has 0 radical (unpaired) electrons. The van der Waals surface area contributed by atoms with E-state index in [1.54, 1.807) is 7.11 Å². The Morgan fingerprint density at radius 3 is 1.67 bits per heavy atom. The zero-order valence-electron chi connectivity index (χ0n) is 12.7. The monoisotopic (exact) mass is 266 g/mol. The minimum Gasteiger partial charge on any atom is -0.543 e. The molecule has 3 heteroatoms. The van der Waals surface area contributed by atoms with E-state index in [1.807, 2.05) is 24.3 Å². The molecule has 0 aromatic heterocycles. The highest BCUT2D eigenvalue weighted by Gasteiger charge is 2.40. The molecule has 0 saturated carbocycles. The van der Waals surface area contributed by atoms with Gasteiger partial charge in [-0.3, -0.25) is 0 Å². The van der Waals surface area contributed by atoms with E-state index in [0.29, 0.717) is 0 Å². The van der Waals surface area contributed by atoms with Crippen LogP contribution in [0.5, 0.6) is 11.5 Å². The highest BCUT2D eigenvalue weighted by Crippen LogP contribution is 2.43. The van der Waals surface area contributed by atoms with Crippen LogP contribution >= 0.6 is 0 Å². The van der Waals surface area contributed by atoms with E-state index < -0.39 is 9.04 Å². The molecule has 18 heavy (non-hydrogen) atoms. The lowest BCUT2D eigenvalue weighted by molar-refractivity contribution is 0.382. The van der Waals surface area contributed by atoms with Crippen LogP contribution in [0.2, 0.25) is 10.1 Å². The maximum Gasteiger partial charge on any atom is 0.246 e. The van der Waals surface area contributed by atoms with E-state index in [2.05, 4.69) is 41.5 Å². The molecule has 0 amide bonds. The van der Waals surface area contributed by atoms with Gasteiger partial charge in [0.1, 0.15) is 5.75 Å². The van der Waals surface area contributed by atoms with Gasteiger partial charge in [0.2, 0.25) is 9.04 Å². The molecule has 1 aromatic rings. The molecule has 1 rings (SSSR count). The van der Waals surface area contributed by atoms with E-state index in [1.165, 1.54) is 0 Å². The minimum atomic E-state index is -1.46. The molecule has 0 unspecified atom stereocenters. The Hall–Kier alpha value is -0.963. The average Bonchev–Trinajstić information content (AvgIpc) is 2.23. The van der Waals surface area contributed by atoms with E-state index in [0.717, 1.165) is 11.5 Å². The smallest absolute Gasteiger partial charge is 0.246 e. The van der Waals surface area contributed by atoms with Gasteiger partial charge in [-0.05, 0) is 22.2 Å². The zero-order chi connectivity index (χ0) is 14.0.